The Hall–Kier alpha value is -1.17. The number of alkyl halides is 3. The van der Waals surface area contributed by atoms with Crippen LogP contribution in [0.1, 0.15) is 17.3 Å². The molecule has 0 unspecified atom stereocenters. The SMILES string of the molecule is CCOC(=O)c1ccc(SC(F)(F)F)cc1. The third-order valence-electron chi connectivity index (χ3n) is 1.60. The van der Waals surface area contributed by atoms with Gasteiger partial charge in [0, 0.05) is 4.90 Å². The molecular formula is C10H9F3O2S. The molecule has 0 aliphatic carbocycles. The van der Waals surface area contributed by atoms with Gasteiger partial charge in [-0.15, -0.1) is 0 Å². The van der Waals surface area contributed by atoms with Crippen molar-refractivity contribution in [3.63, 3.8) is 0 Å². The maximum Gasteiger partial charge on any atom is 0.446 e. The summed E-state index contributed by atoms with van der Waals surface area (Å²) in [6, 6.07) is 5.10. The van der Waals surface area contributed by atoms with Crippen molar-refractivity contribution >= 4 is 17.7 Å². The number of thioether (sulfide) groups is 1. The molecule has 0 aliphatic heterocycles. The number of hydrogen-bond donors (Lipinski definition) is 0. The molecule has 0 bridgehead atoms. The van der Waals surface area contributed by atoms with E-state index < -0.39 is 11.5 Å². The first-order valence-electron chi connectivity index (χ1n) is 4.45. The summed E-state index contributed by atoms with van der Waals surface area (Å²) in [5.41, 5.74) is -4.07. The standard InChI is InChI=1S/C10H9F3O2S/c1-2-15-9(14)7-3-5-8(6-4-7)16-10(11,12)13/h3-6H,2H2,1H3. The average molecular weight is 250 g/mol. The zero-order chi connectivity index (χ0) is 12.2. The van der Waals surface area contributed by atoms with Crippen molar-refractivity contribution in [1.29, 1.82) is 0 Å². The molecule has 0 spiro atoms. The van der Waals surface area contributed by atoms with Crippen LogP contribution in [0.5, 0.6) is 0 Å². The maximum atomic E-state index is 12.0. The molecule has 0 saturated heterocycles. The van der Waals surface area contributed by atoms with Crippen LogP contribution in [0.4, 0.5) is 13.2 Å². The topological polar surface area (TPSA) is 26.3 Å². The molecule has 0 amide bonds. The van der Waals surface area contributed by atoms with Gasteiger partial charge >= 0.3 is 11.5 Å². The van der Waals surface area contributed by atoms with Gasteiger partial charge in [0.05, 0.1) is 12.2 Å². The van der Waals surface area contributed by atoms with Gasteiger partial charge in [-0.2, -0.15) is 13.2 Å². The zero-order valence-corrected chi connectivity index (χ0v) is 9.19. The normalized spacial score (nSPS) is 11.2. The molecule has 0 N–H and O–H groups in total. The van der Waals surface area contributed by atoms with E-state index in [1.54, 1.807) is 6.92 Å². The first-order chi connectivity index (χ1) is 7.42. The van der Waals surface area contributed by atoms with Gasteiger partial charge in [-0.3, -0.25) is 0 Å². The summed E-state index contributed by atoms with van der Waals surface area (Å²) in [4.78, 5) is 11.2. The summed E-state index contributed by atoms with van der Waals surface area (Å²) in [6.07, 6.45) is 0. The lowest BCUT2D eigenvalue weighted by Crippen LogP contribution is -2.04. The van der Waals surface area contributed by atoms with E-state index in [0.29, 0.717) is 0 Å². The molecule has 1 aromatic rings. The van der Waals surface area contributed by atoms with E-state index in [4.69, 9.17) is 4.74 Å². The fraction of sp³-hybridized carbons (Fsp3) is 0.300. The molecule has 0 aliphatic rings. The van der Waals surface area contributed by atoms with Crippen molar-refractivity contribution < 1.29 is 22.7 Å². The monoisotopic (exact) mass is 250 g/mol. The van der Waals surface area contributed by atoms with E-state index in [9.17, 15) is 18.0 Å². The van der Waals surface area contributed by atoms with Gasteiger partial charge in [0.15, 0.2) is 0 Å². The van der Waals surface area contributed by atoms with Gasteiger partial charge in [0.1, 0.15) is 0 Å². The molecule has 1 rings (SSSR count). The van der Waals surface area contributed by atoms with Gasteiger partial charge in [-0.05, 0) is 43.0 Å². The summed E-state index contributed by atoms with van der Waals surface area (Å²) in [5, 5.41) is 0. The first kappa shape index (κ1) is 12.9. The van der Waals surface area contributed by atoms with Crippen LogP contribution in [0.15, 0.2) is 29.2 Å². The van der Waals surface area contributed by atoms with E-state index in [0.717, 1.165) is 0 Å². The van der Waals surface area contributed by atoms with Crippen molar-refractivity contribution in [2.24, 2.45) is 0 Å². The molecule has 0 saturated carbocycles. The van der Waals surface area contributed by atoms with Crippen LogP contribution < -0.4 is 0 Å². The van der Waals surface area contributed by atoms with Crippen LogP contribution in [0, 0.1) is 0 Å². The van der Waals surface area contributed by atoms with Crippen LogP contribution in [0.25, 0.3) is 0 Å². The minimum Gasteiger partial charge on any atom is -0.462 e. The Morgan fingerprint density at radius 1 is 1.31 bits per heavy atom. The van der Waals surface area contributed by atoms with Crippen LogP contribution in [-0.2, 0) is 4.74 Å². The fourth-order valence-electron chi connectivity index (χ4n) is 1.01. The highest BCUT2D eigenvalue weighted by Gasteiger charge is 2.29. The van der Waals surface area contributed by atoms with Crippen LogP contribution >= 0.6 is 11.8 Å². The molecule has 0 radical (unpaired) electrons. The zero-order valence-electron chi connectivity index (χ0n) is 8.38. The average Bonchev–Trinajstić information content (AvgIpc) is 2.16. The van der Waals surface area contributed by atoms with Crippen molar-refractivity contribution in [3.8, 4) is 0 Å². The summed E-state index contributed by atoms with van der Waals surface area (Å²) in [5.74, 6) is -0.536. The third-order valence-corrected chi connectivity index (χ3v) is 2.34. The number of halogens is 3. The molecule has 0 atom stereocenters. The Kier molecular flexibility index (Phi) is 4.23. The summed E-state index contributed by atoms with van der Waals surface area (Å²) in [6.45, 7) is 1.89. The minimum absolute atomic E-state index is 0.0422. The Bertz CT molecular complexity index is 359. The van der Waals surface area contributed by atoms with Gasteiger partial charge in [0.2, 0.25) is 0 Å². The number of benzene rings is 1. The second-order valence-electron chi connectivity index (χ2n) is 2.79. The van der Waals surface area contributed by atoms with Crippen LogP contribution in [-0.4, -0.2) is 18.1 Å². The number of hydrogen-bond acceptors (Lipinski definition) is 3. The van der Waals surface area contributed by atoms with Crippen molar-refractivity contribution in [2.45, 2.75) is 17.3 Å². The molecule has 2 nitrogen and oxygen atoms in total. The van der Waals surface area contributed by atoms with E-state index >= 15 is 0 Å². The third kappa shape index (κ3) is 4.14. The molecule has 6 heteroatoms. The lowest BCUT2D eigenvalue weighted by molar-refractivity contribution is -0.0328. The van der Waals surface area contributed by atoms with Crippen molar-refractivity contribution in [1.82, 2.24) is 0 Å². The Labute approximate surface area is 94.8 Å². The van der Waals surface area contributed by atoms with Gasteiger partial charge in [-0.1, -0.05) is 0 Å². The Morgan fingerprint density at radius 2 is 1.88 bits per heavy atom. The highest BCUT2D eigenvalue weighted by Crippen LogP contribution is 2.36. The fourth-order valence-corrected chi connectivity index (χ4v) is 1.55. The maximum absolute atomic E-state index is 12.0. The van der Waals surface area contributed by atoms with Gasteiger partial charge in [0.25, 0.3) is 0 Å². The van der Waals surface area contributed by atoms with E-state index in [2.05, 4.69) is 0 Å². The second-order valence-corrected chi connectivity index (χ2v) is 3.93. The summed E-state index contributed by atoms with van der Waals surface area (Å²) < 4.78 is 40.7. The van der Waals surface area contributed by atoms with Crippen molar-refractivity contribution in [2.75, 3.05) is 6.61 Å². The number of carbonyl (C=O) groups excluding carboxylic acids is 1. The second kappa shape index (κ2) is 5.25. The predicted molar refractivity (Wildman–Crippen MR) is 54.3 cm³/mol. The Balaban J connectivity index is 2.72. The summed E-state index contributed by atoms with van der Waals surface area (Å²) in [7, 11) is 0. The molecule has 1 aromatic carbocycles. The van der Waals surface area contributed by atoms with E-state index in [1.807, 2.05) is 0 Å². The number of ether oxygens (including phenoxy) is 1. The quantitative estimate of drug-likeness (QED) is 0.607. The molecule has 88 valence electrons. The minimum atomic E-state index is -4.31. The largest absolute Gasteiger partial charge is 0.462 e. The lowest BCUT2D eigenvalue weighted by Gasteiger charge is -2.06. The van der Waals surface area contributed by atoms with E-state index in [1.165, 1.54) is 24.3 Å². The van der Waals surface area contributed by atoms with Crippen LogP contribution in [0.2, 0.25) is 0 Å². The predicted octanol–water partition coefficient (Wildman–Crippen LogP) is 3.48. The molecule has 16 heavy (non-hydrogen) atoms. The number of rotatable bonds is 3. The molecular weight excluding hydrogens is 241 g/mol. The van der Waals surface area contributed by atoms with Gasteiger partial charge < -0.3 is 4.74 Å². The molecule has 0 fully saturated rings. The van der Waals surface area contributed by atoms with Gasteiger partial charge in [-0.25, -0.2) is 4.79 Å². The molecule has 0 heterocycles. The number of esters is 1. The highest BCUT2D eigenvalue weighted by atomic mass is 32.2. The number of carbonyl (C=O) groups is 1. The first-order valence-corrected chi connectivity index (χ1v) is 5.27. The van der Waals surface area contributed by atoms with E-state index in [-0.39, 0.29) is 28.8 Å². The highest BCUT2D eigenvalue weighted by molar-refractivity contribution is 8.00. The van der Waals surface area contributed by atoms with Crippen molar-refractivity contribution in [3.05, 3.63) is 29.8 Å². The molecule has 0 aromatic heterocycles. The Morgan fingerprint density at radius 3 is 2.31 bits per heavy atom. The summed E-state index contributed by atoms with van der Waals surface area (Å²) >= 11 is -0.218. The van der Waals surface area contributed by atoms with Crippen LogP contribution in [0.3, 0.4) is 0 Å². The lowest BCUT2D eigenvalue weighted by atomic mass is 10.2. The smallest absolute Gasteiger partial charge is 0.446 e.